The molecule has 0 bridgehead atoms. The fourth-order valence-electron chi connectivity index (χ4n) is 1.59. The largest absolute Gasteiger partial charge is 0.465 e. The van der Waals surface area contributed by atoms with Crippen LogP contribution in [0, 0.1) is 0 Å². The average molecular weight is 258 g/mol. The molecule has 0 atom stereocenters. The van der Waals surface area contributed by atoms with Gasteiger partial charge in [0, 0.05) is 12.7 Å². The van der Waals surface area contributed by atoms with E-state index < -0.39 is 5.97 Å². The van der Waals surface area contributed by atoms with Crippen molar-refractivity contribution in [2.75, 3.05) is 7.11 Å². The second-order valence-electron chi connectivity index (χ2n) is 3.80. The lowest BCUT2D eigenvalue weighted by Gasteiger charge is -2.09. The Hall–Kier alpha value is -2.40. The molecule has 0 spiro atoms. The molecule has 5 heteroatoms. The molecule has 0 aliphatic rings. The Balaban J connectivity index is 2.30. The highest BCUT2D eigenvalue weighted by Crippen LogP contribution is 2.24. The molecule has 2 N–H and O–H groups in total. The van der Waals surface area contributed by atoms with E-state index in [9.17, 15) is 4.79 Å². The lowest BCUT2D eigenvalue weighted by Crippen LogP contribution is -2.05. The van der Waals surface area contributed by atoms with E-state index in [1.165, 1.54) is 7.11 Å². The number of methoxy groups -OCH3 is 1. The fourth-order valence-corrected chi connectivity index (χ4v) is 1.59. The summed E-state index contributed by atoms with van der Waals surface area (Å²) < 4.78 is 10.3. The Morgan fingerprint density at radius 3 is 2.89 bits per heavy atom. The second kappa shape index (κ2) is 5.97. The summed E-state index contributed by atoms with van der Waals surface area (Å²) in [6.07, 6.45) is 1.55. The van der Waals surface area contributed by atoms with Gasteiger partial charge in [-0.25, -0.2) is 9.78 Å². The van der Waals surface area contributed by atoms with Crippen molar-refractivity contribution in [3.63, 3.8) is 0 Å². The highest BCUT2D eigenvalue weighted by molar-refractivity contribution is 5.91. The van der Waals surface area contributed by atoms with Gasteiger partial charge in [0.25, 0.3) is 0 Å². The number of hydrogen-bond acceptors (Lipinski definition) is 5. The van der Waals surface area contributed by atoms with Gasteiger partial charge < -0.3 is 15.2 Å². The lowest BCUT2D eigenvalue weighted by atomic mass is 10.2. The van der Waals surface area contributed by atoms with Crippen molar-refractivity contribution < 1.29 is 14.3 Å². The number of esters is 1. The van der Waals surface area contributed by atoms with Gasteiger partial charge in [0.05, 0.1) is 7.11 Å². The van der Waals surface area contributed by atoms with Crippen LogP contribution < -0.4 is 10.5 Å². The van der Waals surface area contributed by atoms with Crippen LogP contribution in [0.1, 0.15) is 15.9 Å². The summed E-state index contributed by atoms with van der Waals surface area (Å²) in [4.78, 5) is 15.6. The normalized spacial score (nSPS) is 10.0. The quantitative estimate of drug-likeness (QED) is 0.850. The van der Waals surface area contributed by atoms with E-state index in [1.807, 2.05) is 12.1 Å². The zero-order valence-corrected chi connectivity index (χ0v) is 10.5. The maximum absolute atomic E-state index is 11.6. The van der Waals surface area contributed by atoms with Crippen LogP contribution in [0.4, 0.5) is 0 Å². The third-order valence-corrected chi connectivity index (χ3v) is 2.53. The summed E-state index contributed by atoms with van der Waals surface area (Å²) in [5.74, 6) is 0.299. The van der Waals surface area contributed by atoms with Crippen molar-refractivity contribution in [1.29, 1.82) is 0 Å². The van der Waals surface area contributed by atoms with Crippen LogP contribution in [0.15, 0.2) is 42.6 Å². The van der Waals surface area contributed by atoms with Gasteiger partial charge in [-0.2, -0.15) is 0 Å². The Kier molecular flexibility index (Phi) is 4.10. The maximum Gasteiger partial charge on any atom is 0.343 e. The molecule has 1 aromatic carbocycles. The molecule has 0 saturated heterocycles. The molecule has 0 fully saturated rings. The van der Waals surface area contributed by atoms with Crippen LogP contribution >= 0.6 is 0 Å². The second-order valence-corrected chi connectivity index (χ2v) is 3.80. The van der Waals surface area contributed by atoms with Crippen molar-refractivity contribution in [1.82, 2.24) is 4.98 Å². The van der Waals surface area contributed by atoms with Crippen molar-refractivity contribution in [3.05, 3.63) is 53.7 Å². The first-order valence-electron chi connectivity index (χ1n) is 5.75. The van der Waals surface area contributed by atoms with E-state index in [0.29, 0.717) is 12.3 Å². The van der Waals surface area contributed by atoms with E-state index >= 15 is 0 Å². The lowest BCUT2D eigenvalue weighted by molar-refractivity contribution is 0.0597. The SMILES string of the molecule is COC(=O)c1cccnc1Oc1cccc(CN)c1. The zero-order valence-electron chi connectivity index (χ0n) is 10.5. The number of pyridine rings is 1. The number of nitrogens with zero attached hydrogens (tertiary/aromatic N) is 1. The number of ether oxygens (including phenoxy) is 2. The highest BCUT2D eigenvalue weighted by atomic mass is 16.5. The summed E-state index contributed by atoms with van der Waals surface area (Å²) >= 11 is 0. The molecule has 0 saturated carbocycles. The fraction of sp³-hybridized carbons (Fsp3) is 0.143. The van der Waals surface area contributed by atoms with Crippen molar-refractivity contribution >= 4 is 5.97 Å². The summed E-state index contributed by atoms with van der Waals surface area (Å²) in [5, 5.41) is 0. The van der Waals surface area contributed by atoms with Gasteiger partial charge in [-0.1, -0.05) is 12.1 Å². The van der Waals surface area contributed by atoms with Crippen LogP contribution in [-0.2, 0) is 11.3 Å². The third kappa shape index (κ3) is 3.08. The topological polar surface area (TPSA) is 74.4 Å². The van der Waals surface area contributed by atoms with Gasteiger partial charge in [0.2, 0.25) is 5.88 Å². The number of carbonyl (C=O) groups excluding carboxylic acids is 1. The van der Waals surface area contributed by atoms with Crippen molar-refractivity contribution in [2.45, 2.75) is 6.54 Å². The number of hydrogen-bond donors (Lipinski definition) is 1. The monoisotopic (exact) mass is 258 g/mol. The predicted molar refractivity (Wildman–Crippen MR) is 70.0 cm³/mol. The van der Waals surface area contributed by atoms with E-state index in [-0.39, 0.29) is 11.4 Å². The van der Waals surface area contributed by atoms with Gasteiger partial charge in [0.1, 0.15) is 11.3 Å². The molecule has 98 valence electrons. The zero-order chi connectivity index (χ0) is 13.7. The van der Waals surface area contributed by atoms with Crippen LogP contribution in [0.2, 0.25) is 0 Å². The molecule has 5 nitrogen and oxygen atoms in total. The number of rotatable bonds is 4. The molecule has 1 aromatic heterocycles. The van der Waals surface area contributed by atoms with Crippen molar-refractivity contribution in [3.8, 4) is 11.6 Å². The number of benzene rings is 1. The molecule has 1 heterocycles. The Bertz CT molecular complexity index is 584. The van der Waals surface area contributed by atoms with Gasteiger partial charge in [-0.3, -0.25) is 0 Å². The molecule has 0 aliphatic carbocycles. The summed E-state index contributed by atoms with van der Waals surface area (Å²) in [5.41, 5.74) is 6.79. The van der Waals surface area contributed by atoms with Gasteiger partial charge in [-0.05, 0) is 29.8 Å². The van der Waals surface area contributed by atoms with Crippen LogP contribution in [0.5, 0.6) is 11.6 Å². The number of carbonyl (C=O) groups is 1. The third-order valence-electron chi connectivity index (χ3n) is 2.53. The molecule has 2 aromatic rings. The minimum atomic E-state index is -0.488. The minimum absolute atomic E-state index is 0.212. The highest BCUT2D eigenvalue weighted by Gasteiger charge is 2.14. The Morgan fingerprint density at radius 1 is 1.32 bits per heavy atom. The molecule has 19 heavy (non-hydrogen) atoms. The van der Waals surface area contributed by atoms with Crippen LogP contribution in [0.3, 0.4) is 0 Å². The maximum atomic E-state index is 11.6. The molecular weight excluding hydrogens is 244 g/mol. The van der Waals surface area contributed by atoms with E-state index in [4.69, 9.17) is 10.5 Å². The molecule has 0 aliphatic heterocycles. The van der Waals surface area contributed by atoms with Gasteiger partial charge in [-0.15, -0.1) is 0 Å². The Morgan fingerprint density at radius 2 is 2.16 bits per heavy atom. The predicted octanol–water partition coefficient (Wildman–Crippen LogP) is 2.12. The number of aromatic nitrogens is 1. The minimum Gasteiger partial charge on any atom is -0.465 e. The van der Waals surface area contributed by atoms with E-state index in [0.717, 1.165) is 5.56 Å². The molecule has 2 rings (SSSR count). The van der Waals surface area contributed by atoms with Crippen molar-refractivity contribution in [2.24, 2.45) is 5.73 Å². The summed E-state index contributed by atoms with van der Waals surface area (Å²) in [7, 11) is 1.31. The first kappa shape index (κ1) is 13.0. The van der Waals surface area contributed by atoms with Crippen LogP contribution in [0.25, 0.3) is 0 Å². The number of nitrogens with two attached hydrogens (primary N) is 1. The van der Waals surface area contributed by atoms with Gasteiger partial charge in [0.15, 0.2) is 0 Å². The molecule has 0 unspecified atom stereocenters. The van der Waals surface area contributed by atoms with E-state index in [1.54, 1.807) is 30.5 Å². The summed E-state index contributed by atoms with van der Waals surface area (Å²) in [6, 6.07) is 10.5. The average Bonchev–Trinajstić information content (AvgIpc) is 2.47. The smallest absolute Gasteiger partial charge is 0.343 e. The van der Waals surface area contributed by atoms with E-state index in [2.05, 4.69) is 9.72 Å². The first-order chi connectivity index (χ1) is 9.24. The van der Waals surface area contributed by atoms with Gasteiger partial charge >= 0.3 is 5.97 Å². The first-order valence-corrected chi connectivity index (χ1v) is 5.75. The molecule has 0 amide bonds. The summed E-state index contributed by atoms with van der Waals surface area (Å²) in [6.45, 7) is 0.420. The standard InChI is InChI=1S/C14H14N2O3/c1-18-14(17)12-6-3-7-16-13(12)19-11-5-2-4-10(8-11)9-15/h2-8H,9,15H2,1H3. The van der Waals surface area contributed by atoms with Crippen LogP contribution in [-0.4, -0.2) is 18.1 Å². The molecule has 0 radical (unpaired) electrons. The molecular formula is C14H14N2O3. The Labute approximate surface area is 111 Å².